The van der Waals surface area contributed by atoms with Gasteiger partial charge >= 0.3 is 23.9 Å². The molecule has 0 radical (unpaired) electrons. The second-order valence-electron chi connectivity index (χ2n) is 9.02. The highest BCUT2D eigenvalue weighted by Crippen LogP contribution is 2.33. The number of oxime groups is 2. The Balaban J connectivity index is 0.00000112. The summed E-state index contributed by atoms with van der Waals surface area (Å²) in [6.07, 6.45) is -10.9. The number of carbonyl (C=O) groups is 4. The number of hydrogen-bond acceptors (Lipinski definition) is 20. The van der Waals surface area contributed by atoms with Gasteiger partial charge in [-0.2, -0.15) is 8.42 Å². The number of halogens is 5. The first-order valence-electron chi connectivity index (χ1n) is 13.7. The second kappa shape index (κ2) is 25.5. The number of alkyl halides is 2. The van der Waals surface area contributed by atoms with Crippen molar-refractivity contribution < 1.29 is 94.7 Å². The standard InChI is InChI=1S/C16H17Cl3FNO10S.C10H16FNO8/c1-28-21-4-11(20)16(30-15(25)6-23)12(7-29-14(24)5-22)31-32(26,27)13-3-9(18)8(17)2-10(13)19;1-18-12-2-6(11)10(20-9(17)4-14)7(15)5-19-8(16)3-13/h2-4,11-12,16,22-23H,5-7H2,1H3;2,6-7,10,13-15H,3-5H2,1H3/t11-,12-,16+;6-,7-,10+/m11/s1. The van der Waals surface area contributed by atoms with Crippen LogP contribution in [0.1, 0.15) is 0 Å². The highest BCUT2D eigenvalue weighted by atomic mass is 35.5. The van der Waals surface area contributed by atoms with Crippen LogP contribution in [-0.2, 0) is 62.1 Å². The van der Waals surface area contributed by atoms with Gasteiger partial charge in [0.05, 0.1) is 27.5 Å². The summed E-state index contributed by atoms with van der Waals surface area (Å²) in [6, 6.07) is 1.86. The molecule has 0 aliphatic heterocycles. The second-order valence-corrected chi connectivity index (χ2v) is 11.8. The predicted molar refractivity (Wildman–Crippen MR) is 170 cm³/mol. The Bertz CT molecular complexity index is 1480. The summed E-state index contributed by atoms with van der Waals surface area (Å²) < 4.78 is 77.0. The van der Waals surface area contributed by atoms with Crippen molar-refractivity contribution in [3.05, 3.63) is 27.2 Å². The molecule has 0 saturated carbocycles. The maximum Gasteiger partial charge on any atom is 0.332 e. The molecule has 26 heteroatoms. The fraction of sp³-hybridized carbons (Fsp3) is 0.538. The summed E-state index contributed by atoms with van der Waals surface area (Å²) in [4.78, 5) is 52.3. The summed E-state index contributed by atoms with van der Waals surface area (Å²) >= 11 is 17.5. The lowest BCUT2D eigenvalue weighted by Gasteiger charge is -2.27. The predicted octanol–water partition coefficient (Wildman–Crippen LogP) is -1.11. The summed E-state index contributed by atoms with van der Waals surface area (Å²) in [5.41, 5.74) is 0. The monoisotopic (exact) mass is 836 g/mol. The minimum atomic E-state index is -4.85. The molecule has 52 heavy (non-hydrogen) atoms. The lowest BCUT2D eigenvalue weighted by Crippen LogP contribution is -2.46. The quantitative estimate of drug-likeness (QED) is 0.0245. The molecule has 0 spiro atoms. The maximum absolute atomic E-state index is 14.7. The number of ether oxygens (including phenoxy) is 4. The number of benzene rings is 1. The van der Waals surface area contributed by atoms with Gasteiger partial charge in [-0.1, -0.05) is 45.1 Å². The van der Waals surface area contributed by atoms with E-state index in [-0.39, 0.29) is 10.0 Å². The van der Waals surface area contributed by atoms with E-state index >= 15 is 0 Å². The Kier molecular flexibility index (Phi) is 23.7. The molecule has 5 N–H and O–H groups in total. The van der Waals surface area contributed by atoms with Gasteiger partial charge in [0, 0.05) is 0 Å². The average Bonchev–Trinajstić information content (AvgIpc) is 3.12. The van der Waals surface area contributed by atoms with E-state index in [4.69, 9.17) is 64.1 Å². The fourth-order valence-electron chi connectivity index (χ4n) is 3.11. The molecule has 0 heterocycles. The number of rotatable bonds is 21. The van der Waals surface area contributed by atoms with E-state index in [2.05, 4.69) is 34.2 Å². The Hall–Kier alpha value is -3.52. The van der Waals surface area contributed by atoms with Crippen molar-refractivity contribution >= 4 is 81.2 Å². The molecule has 0 bridgehead atoms. The van der Waals surface area contributed by atoms with Crippen LogP contribution in [0.15, 0.2) is 27.3 Å². The van der Waals surface area contributed by atoms with Crippen LogP contribution in [0.4, 0.5) is 8.78 Å². The zero-order chi connectivity index (χ0) is 40.0. The van der Waals surface area contributed by atoms with E-state index in [1.54, 1.807) is 0 Å². The zero-order valence-electron chi connectivity index (χ0n) is 26.8. The minimum Gasteiger partial charge on any atom is -0.461 e. The van der Waals surface area contributed by atoms with Crippen molar-refractivity contribution in [3.63, 3.8) is 0 Å². The normalized spacial score (nSPS) is 14.9. The number of aliphatic hydroxyl groups excluding tert-OH is 5. The number of hydrogen-bond donors (Lipinski definition) is 5. The summed E-state index contributed by atoms with van der Waals surface area (Å²) in [7, 11) is -2.63. The first kappa shape index (κ1) is 48.5. The Labute approximate surface area is 308 Å². The molecule has 0 amide bonds. The fourth-order valence-corrected chi connectivity index (χ4v) is 5.16. The first-order valence-corrected chi connectivity index (χ1v) is 16.3. The van der Waals surface area contributed by atoms with Gasteiger partial charge in [0.25, 0.3) is 10.1 Å². The van der Waals surface area contributed by atoms with Crippen molar-refractivity contribution in [2.45, 2.75) is 41.7 Å². The van der Waals surface area contributed by atoms with Crippen molar-refractivity contribution in [1.29, 1.82) is 0 Å². The third kappa shape index (κ3) is 17.8. The molecule has 0 unspecified atom stereocenters. The smallest absolute Gasteiger partial charge is 0.332 e. The van der Waals surface area contributed by atoms with Crippen LogP contribution >= 0.6 is 34.8 Å². The molecule has 1 rings (SSSR count). The van der Waals surface area contributed by atoms with Gasteiger partial charge in [0.1, 0.15) is 64.9 Å². The molecule has 0 aliphatic carbocycles. The number of aliphatic hydroxyl groups is 5. The number of nitrogens with zero attached hydrogens (tertiary/aromatic N) is 2. The van der Waals surface area contributed by atoms with E-state index in [0.717, 1.165) is 26.4 Å². The van der Waals surface area contributed by atoms with Crippen LogP contribution in [-0.4, -0.2) is 161 Å². The van der Waals surface area contributed by atoms with Crippen molar-refractivity contribution in [1.82, 2.24) is 0 Å². The van der Waals surface area contributed by atoms with E-state index in [1.807, 2.05) is 0 Å². The largest absolute Gasteiger partial charge is 0.461 e. The van der Waals surface area contributed by atoms with Crippen LogP contribution in [0.3, 0.4) is 0 Å². The van der Waals surface area contributed by atoms with E-state index in [1.165, 1.54) is 0 Å². The van der Waals surface area contributed by atoms with E-state index in [0.29, 0.717) is 12.4 Å². The van der Waals surface area contributed by atoms with Gasteiger partial charge in [0.15, 0.2) is 30.7 Å². The molecule has 0 saturated heterocycles. The molecule has 1 aromatic carbocycles. The third-order valence-corrected chi connectivity index (χ3v) is 7.88. The van der Waals surface area contributed by atoms with Gasteiger partial charge in [-0.25, -0.2) is 28.0 Å². The highest BCUT2D eigenvalue weighted by Gasteiger charge is 2.39. The van der Waals surface area contributed by atoms with Gasteiger partial charge in [0.2, 0.25) is 0 Å². The Morgan fingerprint density at radius 3 is 1.62 bits per heavy atom. The van der Waals surface area contributed by atoms with Crippen LogP contribution < -0.4 is 0 Å². The third-order valence-electron chi connectivity index (χ3n) is 5.36. The molecular weight excluding hydrogens is 805 g/mol. The topological polar surface area (TPSA) is 293 Å². The van der Waals surface area contributed by atoms with E-state index < -0.39 is 120 Å². The molecular formula is C26H33Cl3F2N2O18S. The SMILES string of the molecule is CON=C[C@@H](F)[C@H](OC(=O)CO)[C@@H](COC(=O)CO)OS(=O)(=O)c1cc(Cl)c(Cl)cc1Cl.CON=C[C@@H](F)[C@H](OC(=O)CO)[C@H](O)COC(=O)CO. The van der Waals surface area contributed by atoms with Gasteiger partial charge in [-0.15, -0.1) is 0 Å². The van der Waals surface area contributed by atoms with Crippen LogP contribution in [0.25, 0.3) is 0 Å². The molecule has 0 aliphatic rings. The van der Waals surface area contributed by atoms with Crippen molar-refractivity contribution in [2.24, 2.45) is 10.3 Å². The van der Waals surface area contributed by atoms with Crippen LogP contribution in [0.5, 0.6) is 0 Å². The lowest BCUT2D eigenvalue weighted by molar-refractivity contribution is -0.167. The van der Waals surface area contributed by atoms with Crippen molar-refractivity contribution in [2.75, 3.05) is 53.9 Å². The first-order chi connectivity index (χ1) is 24.4. The Morgan fingerprint density at radius 1 is 0.731 bits per heavy atom. The highest BCUT2D eigenvalue weighted by molar-refractivity contribution is 7.87. The van der Waals surface area contributed by atoms with Crippen LogP contribution in [0.2, 0.25) is 15.1 Å². The molecule has 6 atom stereocenters. The van der Waals surface area contributed by atoms with Gasteiger partial charge in [-0.3, -0.25) is 4.18 Å². The molecule has 1 aromatic rings. The lowest BCUT2D eigenvalue weighted by atomic mass is 10.1. The summed E-state index contributed by atoms with van der Waals surface area (Å²) in [6.45, 7) is -5.96. The Morgan fingerprint density at radius 2 is 1.15 bits per heavy atom. The van der Waals surface area contributed by atoms with Crippen LogP contribution in [0, 0.1) is 0 Å². The minimum absolute atomic E-state index is 0.0709. The molecule has 296 valence electrons. The van der Waals surface area contributed by atoms with Gasteiger partial charge < -0.3 is 54.2 Å². The number of carbonyl (C=O) groups excluding carboxylic acids is 4. The zero-order valence-corrected chi connectivity index (χ0v) is 29.8. The number of esters is 4. The average molecular weight is 838 g/mol. The van der Waals surface area contributed by atoms with Crippen molar-refractivity contribution in [3.8, 4) is 0 Å². The summed E-state index contributed by atoms with van der Waals surface area (Å²) in [5, 5.41) is 49.8. The maximum atomic E-state index is 14.7. The van der Waals surface area contributed by atoms with E-state index in [9.17, 15) is 41.5 Å². The summed E-state index contributed by atoms with van der Waals surface area (Å²) in [5.74, 6) is -4.82. The molecule has 0 fully saturated rings. The molecule has 0 aromatic heterocycles. The van der Waals surface area contributed by atoms with Gasteiger partial charge in [-0.05, 0) is 12.1 Å². The molecule has 20 nitrogen and oxygen atoms in total.